The maximum absolute atomic E-state index is 12.7. The Morgan fingerprint density at radius 1 is 1.00 bits per heavy atom. The Bertz CT molecular complexity index is 1270. The molecule has 9 heteroatoms. The highest BCUT2D eigenvalue weighted by Gasteiger charge is 2.41. The van der Waals surface area contributed by atoms with Crippen molar-refractivity contribution >= 4 is 11.6 Å². The van der Waals surface area contributed by atoms with Crippen molar-refractivity contribution in [2.75, 3.05) is 38.2 Å². The van der Waals surface area contributed by atoms with Crippen molar-refractivity contribution in [3.63, 3.8) is 0 Å². The summed E-state index contributed by atoms with van der Waals surface area (Å²) in [6, 6.07) is 18.9. The standard InChI is InChI=1S/C31H35N3O6/c35-21-22-6-8-23(9-7-22)28-18-27(20-34-13-10-31(11-14-34)37-15-16-38-31)39-30(40-28)24-3-1-5-26(17-24)33-29(36)25-4-2-12-32-19-25/h1-9,12,17,19,27-28,30,35H,10-11,13-16,18,20-21H2,(H,33,36). The second-order valence-corrected chi connectivity index (χ2v) is 10.6. The number of nitrogens with zero attached hydrogens (tertiary/aromatic N) is 2. The second kappa shape index (κ2) is 12.1. The van der Waals surface area contributed by atoms with Gasteiger partial charge in [0.2, 0.25) is 0 Å². The van der Waals surface area contributed by atoms with Gasteiger partial charge in [-0.25, -0.2) is 0 Å². The molecule has 2 aromatic carbocycles. The molecule has 3 saturated heterocycles. The topological polar surface area (TPSA) is 102 Å². The van der Waals surface area contributed by atoms with Crippen LogP contribution < -0.4 is 5.32 Å². The molecule has 4 heterocycles. The van der Waals surface area contributed by atoms with Crippen LogP contribution in [0.3, 0.4) is 0 Å². The number of hydrogen-bond donors (Lipinski definition) is 2. The van der Waals surface area contributed by atoms with Crippen LogP contribution in [0.2, 0.25) is 0 Å². The lowest BCUT2D eigenvalue weighted by atomic mass is 9.98. The maximum atomic E-state index is 12.7. The Balaban J connectivity index is 1.18. The van der Waals surface area contributed by atoms with E-state index in [1.54, 1.807) is 18.3 Å². The molecule has 1 aromatic heterocycles. The summed E-state index contributed by atoms with van der Waals surface area (Å²) in [7, 11) is 0. The number of aromatic nitrogens is 1. The minimum atomic E-state index is -0.603. The molecule has 2 N–H and O–H groups in total. The zero-order valence-electron chi connectivity index (χ0n) is 22.4. The van der Waals surface area contributed by atoms with Gasteiger partial charge in [0.25, 0.3) is 5.91 Å². The van der Waals surface area contributed by atoms with Crippen molar-refractivity contribution in [2.45, 2.75) is 50.2 Å². The number of likely N-dealkylation sites (tertiary alicyclic amines) is 1. The van der Waals surface area contributed by atoms with Gasteiger partial charge in [-0.1, -0.05) is 36.4 Å². The molecule has 3 atom stereocenters. The normalized spacial score (nSPS) is 24.7. The first-order valence-corrected chi connectivity index (χ1v) is 13.9. The molecule has 3 aromatic rings. The fourth-order valence-electron chi connectivity index (χ4n) is 5.65. The lowest BCUT2D eigenvalue weighted by molar-refractivity contribution is -0.255. The Kier molecular flexibility index (Phi) is 8.20. The number of pyridine rings is 1. The fourth-order valence-corrected chi connectivity index (χ4v) is 5.65. The van der Waals surface area contributed by atoms with E-state index in [1.807, 2.05) is 48.5 Å². The van der Waals surface area contributed by atoms with Gasteiger partial charge in [-0.15, -0.1) is 0 Å². The van der Waals surface area contributed by atoms with Gasteiger partial charge in [-0.2, -0.15) is 0 Å². The zero-order chi connectivity index (χ0) is 27.4. The van der Waals surface area contributed by atoms with E-state index in [9.17, 15) is 9.90 Å². The molecule has 3 fully saturated rings. The van der Waals surface area contributed by atoms with Crippen LogP contribution in [0.5, 0.6) is 0 Å². The van der Waals surface area contributed by atoms with Crippen molar-refractivity contribution in [1.29, 1.82) is 0 Å². The Morgan fingerprint density at radius 3 is 2.52 bits per heavy atom. The summed E-state index contributed by atoms with van der Waals surface area (Å²) >= 11 is 0. The fraction of sp³-hybridized carbons (Fsp3) is 0.419. The van der Waals surface area contributed by atoms with Gasteiger partial charge in [0, 0.05) is 62.5 Å². The monoisotopic (exact) mass is 545 g/mol. The van der Waals surface area contributed by atoms with E-state index in [1.165, 1.54) is 6.20 Å². The number of benzene rings is 2. The molecule has 210 valence electrons. The van der Waals surface area contributed by atoms with Gasteiger partial charge in [-0.3, -0.25) is 9.78 Å². The second-order valence-electron chi connectivity index (χ2n) is 10.6. The van der Waals surface area contributed by atoms with E-state index >= 15 is 0 Å². The smallest absolute Gasteiger partial charge is 0.257 e. The average molecular weight is 546 g/mol. The summed E-state index contributed by atoms with van der Waals surface area (Å²) in [5, 5.41) is 12.4. The number of amides is 1. The summed E-state index contributed by atoms with van der Waals surface area (Å²) < 4.78 is 24.9. The van der Waals surface area contributed by atoms with Gasteiger partial charge in [0.15, 0.2) is 12.1 Å². The summed E-state index contributed by atoms with van der Waals surface area (Å²) in [6.45, 7) is 3.89. The van der Waals surface area contributed by atoms with Crippen molar-refractivity contribution in [3.05, 3.63) is 95.3 Å². The molecule has 3 unspecified atom stereocenters. The summed E-state index contributed by atoms with van der Waals surface area (Å²) in [4.78, 5) is 19.1. The van der Waals surface area contributed by atoms with E-state index in [0.29, 0.717) is 30.9 Å². The predicted octanol–water partition coefficient (Wildman–Crippen LogP) is 4.21. The van der Waals surface area contributed by atoms with Crippen LogP contribution in [0.1, 0.15) is 58.7 Å². The van der Waals surface area contributed by atoms with E-state index in [2.05, 4.69) is 15.2 Å². The third-order valence-electron chi connectivity index (χ3n) is 7.85. The molecule has 1 spiro atoms. The van der Waals surface area contributed by atoms with Gasteiger partial charge in [0.05, 0.1) is 37.6 Å². The molecule has 0 radical (unpaired) electrons. The van der Waals surface area contributed by atoms with Gasteiger partial charge >= 0.3 is 0 Å². The first-order chi connectivity index (χ1) is 19.6. The lowest BCUT2D eigenvalue weighted by Gasteiger charge is -2.41. The quantitative estimate of drug-likeness (QED) is 0.455. The van der Waals surface area contributed by atoms with Crippen molar-refractivity contribution in [3.8, 4) is 0 Å². The summed E-state index contributed by atoms with van der Waals surface area (Å²) in [5.74, 6) is -0.638. The average Bonchev–Trinajstić information content (AvgIpc) is 3.47. The number of carbonyl (C=O) groups excluding carboxylic acids is 1. The number of nitrogens with one attached hydrogen (secondary N) is 1. The van der Waals surface area contributed by atoms with Crippen LogP contribution in [0.25, 0.3) is 0 Å². The number of aliphatic hydroxyl groups is 1. The first kappa shape index (κ1) is 27.0. The van der Waals surface area contributed by atoms with E-state index in [4.69, 9.17) is 18.9 Å². The van der Waals surface area contributed by atoms with Crippen LogP contribution in [0.4, 0.5) is 5.69 Å². The van der Waals surface area contributed by atoms with Crippen molar-refractivity contribution < 1.29 is 28.8 Å². The highest BCUT2D eigenvalue weighted by atomic mass is 16.7. The van der Waals surface area contributed by atoms with Gasteiger partial charge in [-0.05, 0) is 35.4 Å². The number of aliphatic hydroxyl groups excluding tert-OH is 1. The number of hydrogen-bond acceptors (Lipinski definition) is 8. The number of ether oxygens (including phenoxy) is 4. The Hall–Kier alpha value is -3.18. The Labute approximate surface area is 234 Å². The number of piperidine rings is 1. The minimum Gasteiger partial charge on any atom is -0.392 e. The van der Waals surface area contributed by atoms with Gasteiger partial charge < -0.3 is 34.3 Å². The number of carbonyl (C=O) groups is 1. The van der Waals surface area contributed by atoms with E-state index in [-0.39, 0.29) is 24.7 Å². The van der Waals surface area contributed by atoms with Gasteiger partial charge in [0.1, 0.15) is 0 Å². The summed E-state index contributed by atoms with van der Waals surface area (Å²) in [6.07, 6.45) is 4.75. The molecule has 3 aliphatic rings. The molecule has 0 aliphatic carbocycles. The van der Waals surface area contributed by atoms with Crippen molar-refractivity contribution in [1.82, 2.24) is 9.88 Å². The molecular weight excluding hydrogens is 510 g/mol. The Morgan fingerprint density at radius 2 is 1.80 bits per heavy atom. The SMILES string of the molecule is O=C(Nc1cccc(C2OC(CN3CCC4(CC3)OCCO4)CC(c3ccc(CO)cc3)O2)c1)c1cccnc1. The predicted molar refractivity (Wildman–Crippen MR) is 147 cm³/mol. The van der Waals surface area contributed by atoms with Crippen LogP contribution in [-0.4, -0.2) is 65.6 Å². The number of rotatable bonds is 7. The minimum absolute atomic E-state index is 0.00159. The van der Waals surface area contributed by atoms with Crippen LogP contribution in [-0.2, 0) is 25.6 Å². The maximum Gasteiger partial charge on any atom is 0.257 e. The van der Waals surface area contributed by atoms with Crippen LogP contribution >= 0.6 is 0 Å². The summed E-state index contributed by atoms with van der Waals surface area (Å²) in [5.41, 5.74) is 3.88. The zero-order valence-corrected chi connectivity index (χ0v) is 22.4. The van der Waals surface area contributed by atoms with E-state index in [0.717, 1.165) is 49.2 Å². The molecule has 0 saturated carbocycles. The molecule has 9 nitrogen and oxygen atoms in total. The molecule has 1 amide bonds. The third kappa shape index (κ3) is 6.25. The molecule has 40 heavy (non-hydrogen) atoms. The third-order valence-corrected chi connectivity index (χ3v) is 7.85. The molecule has 0 bridgehead atoms. The highest BCUT2D eigenvalue weighted by molar-refractivity contribution is 6.04. The number of anilines is 1. The first-order valence-electron chi connectivity index (χ1n) is 13.9. The lowest BCUT2D eigenvalue weighted by Crippen LogP contribution is -2.48. The largest absolute Gasteiger partial charge is 0.392 e. The molecular formula is C31H35N3O6. The molecule has 6 rings (SSSR count). The van der Waals surface area contributed by atoms with Crippen LogP contribution in [0.15, 0.2) is 73.1 Å². The van der Waals surface area contributed by atoms with Crippen LogP contribution in [0, 0.1) is 0 Å². The molecule has 3 aliphatic heterocycles. The van der Waals surface area contributed by atoms with E-state index < -0.39 is 12.1 Å². The highest BCUT2D eigenvalue weighted by Crippen LogP contribution is 2.39. The van der Waals surface area contributed by atoms with Crippen molar-refractivity contribution in [2.24, 2.45) is 0 Å².